The van der Waals surface area contributed by atoms with Gasteiger partial charge in [-0.2, -0.15) is 0 Å². The Bertz CT molecular complexity index is 501. The first-order chi connectivity index (χ1) is 6.82. The third kappa shape index (κ3) is 3.13. The van der Waals surface area contributed by atoms with Crippen molar-refractivity contribution >= 4 is 49.0 Å². The van der Waals surface area contributed by atoms with Gasteiger partial charge < -0.3 is 11.1 Å². The van der Waals surface area contributed by atoms with E-state index in [9.17, 15) is 8.42 Å². The van der Waals surface area contributed by atoms with Gasteiger partial charge in [0.15, 0.2) is 5.11 Å². The first-order valence-corrected chi connectivity index (χ1v) is 6.45. The quantitative estimate of drug-likeness (QED) is 0.700. The molecular weight excluding hydrogens is 302 g/mol. The van der Waals surface area contributed by atoms with Gasteiger partial charge in [-0.25, -0.2) is 13.6 Å². The highest BCUT2D eigenvalue weighted by molar-refractivity contribution is 9.10. The van der Waals surface area contributed by atoms with Crippen molar-refractivity contribution in [2.45, 2.75) is 4.90 Å². The maximum Gasteiger partial charge on any atom is 0.240 e. The van der Waals surface area contributed by atoms with Crippen LogP contribution in [0.15, 0.2) is 27.6 Å². The van der Waals surface area contributed by atoms with Gasteiger partial charge in [-0.3, -0.25) is 0 Å². The monoisotopic (exact) mass is 309 g/mol. The van der Waals surface area contributed by atoms with Crippen LogP contribution in [0.25, 0.3) is 0 Å². The maximum atomic E-state index is 11.2. The minimum atomic E-state index is -3.81. The molecule has 1 aromatic carbocycles. The Labute approximate surface area is 101 Å². The zero-order chi connectivity index (χ0) is 11.6. The molecule has 0 aromatic heterocycles. The molecule has 0 atom stereocenters. The standard InChI is InChI=1S/C7H8BrN3O2S2/c8-4-2-1-3-5(15(10,12)13)6(4)11-7(9)14/h1-3H,(H3,9,11,14)(H2,10,12,13). The van der Waals surface area contributed by atoms with Crippen LogP contribution >= 0.6 is 28.1 Å². The number of hydrogen-bond donors (Lipinski definition) is 3. The van der Waals surface area contributed by atoms with E-state index in [0.29, 0.717) is 4.47 Å². The summed E-state index contributed by atoms with van der Waals surface area (Å²) in [4.78, 5) is -0.0651. The van der Waals surface area contributed by atoms with E-state index >= 15 is 0 Å². The summed E-state index contributed by atoms with van der Waals surface area (Å²) in [6.07, 6.45) is 0. The number of halogens is 1. The molecule has 0 spiro atoms. The van der Waals surface area contributed by atoms with Crippen molar-refractivity contribution in [3.63, 3.8) is 0 Å². The summed E-state index contributed by atoms with van der Waals surface area (Å²) in [5.74, 6) is 0. The van der Waals surface area contributed by atoms with Crippen LogP contribution in [0.3, 0.4) is 0 Å². The third-order valence-electron chi connectivity index (χ3n) is 1.53. The Morgan fingerprint density at radius 3 is 2.53 bits per heavy atom. The Hall–Kier alpha value is -0.700. The normalized spacial score (nSPS) is 11.1. The van der Waals surface area contributed by atoms with Gasteiger partial charge in [0.2, 0.25) is 10.0 Å². The van der Waals surface area contributed by atoms with Gasteiger partial charge in [0.05, 0.1) is 5.69 Å². The summed E-state index contributed by atoms with van der Waals surface area (Å²) in [7, 11) is -3.81. The highest BCUT2D eigenvalue weighted by atomic mass is 79.9. The number of anilines is 1. The molecule has 15 heavy (non-hydrogen) atoms. The van der Waals surface area contributed by atoms with Crippen LogP contribution in [-0.4, -0.2) is 13.5 Å². The lowest BCUT2D eigenvalue weighted by molar-refractivity contribution is 0.598. The molecule has 1 rings (SSSR count). The van der Waals surface area contributed by atoms with Crippen molar-refractivity contribution in [3.05, 3.63) is 22.7 Å². The summed E-state index contributed by atoms with van der Waals surface area (Å²) >= 11 is 7.80. The number of hydrogen-bond acceptors (Lipinski definition) is 3. The molecule has 0 saturated carbocycles. The average Bonchev–Trinajstić information content (AvgIpc) is 2.05. The molecule has 5 N–H and O–H groups in total. The van der Waals surface area contributed by atoms with Crippen molar-refractivity contribution in [2.24, 2.45) is 10.9 Å². The van der Waals surface area contributed by atoms with Crippen LogP contribution in [0.4, 0.5) is 5.69 Å². The van der Waals surface area contributed by atoms with E-state index in [4.69, 9.17) is 10.9 Å². The minimum Gasteiger partial charge on any atom is -0.376 e. The van der Waals surface area contributed by atoms with E-state index in [1.54, 1.807) is 12.1 Å². The summed E-state index contributed by atoms with van der Waals surface area (Å²) in [5, 5.41) is 7.55. The maximum absolute atomic E-state index is 11.2. The molecule has 0 aliphatic heterocycles. The molecule has 0 aliphatic carbocycles. The van der Waals surface area contributed by atoms with Crippen LogP contribution < -0.4 is 16.2 Å². The SMILES string of the molecule is NC(=S)Nc1c(Br)cccc1S(N)(=O)=O. The van der Waals surface area contributed by atoms with E-state index in [1.807, 2.05) is 0 Å². The Morgan fingerprint density at radius 2 is 2.07 bits per heavy atom. The number of thiocarbonyl (C=S) groups is 1. The third-order valence-corrected chi connectivity index (χ3v) is 3.25. The first-order valence-electron chi connectivity index (χ1n) is 3.70. The molecule has 0 radical (unpaired) electrons. The molecule has 5 nitrogen and oxygen atoms in total. The number of para-hydroxylation sites is 1. The van der Waals surface area contributed by atoms with Crippen molar-refractivity contribution in [3.8, 4) is 0 Å². The summed E-state index contributed by atoms with van der Waals surface area (Å²) < 4.78 is 23.0. The van der Waals surface area contributed by atoms with E-state index < -0.39 is 10.0 Å². The lowest BCUT2D eigenvalue weighted by atomic mass is 10.3. The van der Waals surface area contributed by atoms with Crippen LogP contribution in [0.5, 0.6) is 0 Å². The fraction of sp³-hybridized carbons (Fsp3) is 0. The van der Waals surface area contributed by atoms with Crippen molar-refractivity contribution in [1.29, 1.82) is 0 Å². The lowest BCUT2D eigenvalue weighted by Crippen LogP contribution is -2.22. The van der Waals surface area contributed by atoms with E-state index in [1.165, 1.54) is 6.07 Å². The van der Waals surface area contributed by atoms with Gasteiger partial charge in [-0.05, 0) is 40.3 Å². The van der Waals surface area contributed by atoms with Gasteiger partial charge in [0.25, 0.3) is 0 Å². The molecule has 0 saturated heterocycles. The number of sulfonamides is 1. The molecule has 82 valence electrons. The van der Waals surface area contributed by atoms with Gasteiger partial charge in [-0.1, -0.05) is 6.07 Å². The number of nitrogens with one attached hydrogen (secondary N) is 1. The number of nitrogens with two attached hydrogens (primary N) is 2. The summed E-state index contributed by atoms with van der Waals surface area (Å²) in [6.45, 7) is 0. The highest BCUT2D eigenvalue weighted by Crippen LogP contribution is 2.28. The minimum absolute atomic E-state index is 0.0354. The fourth-order valence-corrected chi connectivity index (χ4v) is 2.40. The Balaban J connectivity index is 3.40. The highest BCUT2D eigenvalue weighted by Gasteiger charge is 2.16. The number of rotatable bonds is 2. The molecule has 0 amide bonds. The second-order valence-corrected chi connectivity index (χ2v) is 5.47. The average molecular weight is 310 g/mol. The number of benzene rings is 1. The van der Waals surface area contributed by atoms with Crippen LogP contribution in [0.1, 0.15) is 0 Å². The van der Waals surface area contributed by atoms with Crippen LogP contribution in [0.2, 0.25) is 0 Å². The fourth-order valence-electron chi connectivity index (χ4n) is 0.986. The van der Waals surface area contributed by atoms with Crippen LogP contribution in [-0.2, 0) is 10.0 Å². The van der Waals surface area contributed by atoms with Crippen LogP contribution in [0, 0.1) is 0 Å². The first kappa shape index (κ1) is 12.4. The molecule has 0 bridgehead atoms. The zero-order valence-electron chi connectivity index (χ0n) is 7.40. The van der Waals surface area contributed by atoms with Gasteiger partial charge >= 0.3 is 0 Å². The number of primary sulfonamides is 1. The van der Waals surface area contributed by atoms with E-state index in [-0.39, 0.29) is 15.7 Å². The molecule has 1 aromatic rings. The predicted octanol–water partition coefficient (Wildman–Crippen LogP) is 0.752. The van der Waals surface area contributed by atoms with Gasteiger partial charge in [0, 0.05) is 4.47 Å². The summed E-state index contributed by atoms with van der Waals surface area (Å²) in [6, 6.07) is 4.56. The van der Waals surface area contributed by atoms with Gasteiger partial charge in [0.1, 0.15) is 4.90 Å². The molecular formula is C7H8BrN3O2S2. The lowest BCUT2D eigenvalue weighted by Gasteiger charge is -2.10. The second-order valence-electron chi connectivity index (χ2n) is 2.65. The van der Waals surface area contributed by atoms with Crippen molar-refractivity contribution in [1.82, 2.24) is 0 Å². The predicted molar refractivity (Wildman–Crippen MR) is 65.9 cm³/mol. The molecule has 0 unspecified atom stereocenters. The summed E-state index contributed by atoms with van der Waals surface area (Å²) in [5.41, 5.74) is 5.51. The Kier molecular flexibility index (Phi) is 3.66. The molecule has 0 aliphatic rings. The topological polar surface area (TPSA) is 98.2 Å². The second kappa shape index (κ2) is 4.44. The molecule has 0 heterocycles. The van der Waals surface area contributed by atoms with Crippen molar-refractivity contribution < 1.29 is 8.42 Å². The molecule has 0 fully saturated rings. The zero-order valence-corrected chi connectivity index (χ0v) is 10.6. The van der Waals surface area contributed by atoms with E-state index in [0.717, 1.165) is 0 Å². The smallest absolute Gasteiger partial charge is 0.240 e. The van der Waals surface area contributed by atoms with E-state index in [2.05, 4.69) is 33.5 Å². The largest absolute Gasteiger partial charge is 0.376 e. The van der Waals surface area contributed by atoms with Gasteiger partial charge in [-0.15, -0.1) is 0 Å². The van der Waals surface area contributed by atoms with Crippen molar-refractivity contribution in [2.75, 3.05) is 5.32 Å². The Morgan fingerprint density at radius 1 is 1.47 bits per heavy atom. The molecule has 8 heteroatoms.